The van der Waals surface area contributed by atoms with Gasteiger partial charge >= 0.3 is 5.97 Å². The lowest BCUT2D eigenvalue weighted by atomic mass is 10.2. The fraction of sp³-hybridized carbons (Fsp3) is 0.0909. The van der Waals surface area contributed by atoms with Gasteiger partial charge in [-0.2, -0.15) is 0 Å². The summed E-state index contributed by atoms with van der Waals surface area (Å²) in [6.45, 7) is -0.435. The first kappa shape index (κ1) is 10.7. The molecule has 1 aromatic carbocycles. The molecular formula is C11H8ClNO3. The maximum atomic E-state index is 10.4. The minimum absolute atomic E-state index is 0.308. The molecule has 0 fully saturated rings. The highest BCUT2D eigenvalue weighted by Gasteiger charge is 2.09. The SMILES string of the molecule is O=C(O)COc1c(Cl)ccc2cccnc12. The van der Waals surface area contributed by atoms with Gasteiger partial charge in [0.15, 0.2) is 12.4 Å². The summed E-state index contributed by atoms with van der Waals surface area (Å²) in [5.74, 6) is -0.744. The topological polar surface area (TPSA) is 59.4 Å². The molecule has 1 N–H and O–H groups in total. The van der Waals surface area contributed by atoms with Crippen molar-refractivity contribution in [3.05, 3.63) is 35.5 Å². The first-order valence-corrected chi connectivity index (χ1v) is 4.94. The molecule has 1 heterocycles. The predicted molar refractivity (Wildman–Crippen MR) is 59.9 cm³/mol. The normalized spacial score (nSPS) is 10.3. The molecule has 0 atom stereocenters. The van der Waals surface area contributed by atoms with Crippen molar-refractivity contribution in [3.63, 3.8) is 0 Å². The minimum Gasteiger partial charge on any atom is -0.479 e. The van der Waals surface area contributed by atoms with Crippen LogP contribution in [-0.2, 0) is 4.79 Å². The Morgan fingerprint density at radius 2 is 2.25 bits per heavy atom. The van der Waals surface area contributed by atoms with Crippen LogP contribution in [0.5, 0.6) is 5.75 Å². The van der Waals surface area contributed by atoms with E-state index in [-0.39, 0.29) is 0 Å². The van der Waals surface area contributed by atoms with E-state index in [0.29, 0.717) is 16.3 Å². The standard InChI is InChI=1S/C11H8ClNO3/c12-8-4-3-7-2-1-5-13-10(7)11(8)16-6-9(14)15/h1-5H,6H2,(H,14,15). The molecule has 1 aromatic heterocycles. The Balaban J connectivity index is 2.48. The number of rotatable bonds is 3. The van der Waals surface area contributed by atoms with E-state index in [2.05, 4.69) is 4.98 Å². The molecule has 0 saturated carbocycles. The molecule has 0 amide bonds. The Morgan fingerprint density at radius 3 is 3.00 bits per heavy atom. The number of fused-ring (bicyclic) bond motifs is 1. The zero-order valence-corrected chi connectivity index (χ0v) is 8.94. The van der Waals surface area contributed by atoms with Crippen molar-refractivity contribution in [1.82, 2.24) is 4.98 Å². The van der Waals surface area contributed by atoms with E-state index < -0.39 is 12.6 Å². The number of nitrogens with zero attached hydrogens (tertiary/aromatic N) is 1. The van der Waals surface area contributed by atoms with Crippen molar-refractivity contribution < 1.29 is 14.6 Å². The first-order chi connectivity index (χ1) is 7.68. The fourth-order valence-electron chi connectivity index (χ4n) is 1.36. The van der Waals surface area contributed by atoms with Crippen LogP contribution in [0.25, 0.3) is 10.9 Å². The maximum absolute atomic E-state index is 10.4. The number of carboxylic acid groups (broad SMARTS) is 1. The number of hydrogen-bond donors (Lipinski definition) is 1. The highest BCUT2D eigenvalue weighted by molar-refractivity contribution is 6.33. The number of hydrogen-bond acceptors (Lipinski definition) is 3. The number of pyridine rings is 1. The molecule has 0 aliphatic carbocycles. The Morgan fingerprint density at radius 1 is 1.44 bits per heavy atom. The Labute approximate surface area is 96.4 Å². The number of ether oxygens (including phenoxy) is 1. The van der Waals surface area contributed by atoms with Crippen molar-refractivity contribution in [1.29, 1.82) is 0 Å². The fourth-order valence-corrected chi connectivity index (χ4v) is 1.57. The summed E-state index contributed by atoms with van der Waals surface area (Å²) in [4.78, 5) is 14.5. The second kappa shape index (κ2) is 4.37. The van der Waals surface area contributed by atoms with Crippen LogP contribution < -0.4 is 4.74 Å². The van der Waals surface area contributed by atoms with Gasteiger partial charge in [0.05, 0.1) is 5.02 Å². The molecule has 16 heavy (non-hydrogen) atoms. The monoisotopic (exact) mass is 237 g/mol. The number of benzene rings is 1. The zero-order chi connectivity index (χ0) is 11.5. The molecule has 5 heteroatoms. The molecule has 0 aliphatic heterocycles. The van der Waals surface area contributed by atoms with Gasteiger partial charge in [-0.1, -0.05) is 23.7 Å². The van der Waals surface area contributed by atoms with Crippen molar-refractivity contribution in [2.75, 3.05) is 6.61 Å². The maximum Gasteiger partial charge on any atom is 0.341 e. The number of carboxylic acids is 1. The Bertz CT molecular complexity index is 542. The molecule has 4 nitrogen and oxygen atoms in total. The van der Waals surface area contributed by atoms with E-state index in [0.717, 1.165) is 5.39 Å². The van der Waals surface area contributed by atoms with E-state index in [1.54, 1.807) is 24.4 Å². The van der Waals surface area contributed by atoms with E-state index in [1.807, 2.05) is 6.07 Å². The number of carbonyl (C=O) groups is 1. The van der Waals surface area contributed by atoms with Crippen molar-refractivity contribution in [2.24, 2.45) is 0 Å². The van der Waals surface area contributed by atoms with Gasteiger partial charge in [-0.3, -0.25) is 4.98 Å². The summed E-state index contributed by atoms with van der Waals surface area (Å²) >= 11 is 5.93. The largest absolute Gasteiger partial charge is 0.479 e. The molecule has 0 saturated heterocycles. The molecule has 0 unspecified atom stereocenters. The van der Waals surface area contributed by atoms with Crippen LogP contribution in [0.3, 0.4) is 0 Å². The first-order valence-electron chi connectivity index (χ1n) is 4.56. The molecule has 0 spiro atoms. The second-order valence-corrected chi connectivity index (χ2v) is 3.54. The summed E-state index contributed by atoms with van der Waals surface area (Å²) in [5, 5.41) is 9.76. The molecular weight excluding hydrogens is 230 g/mol. The van der Waals surface area contributed by atoms with E-state index in [9.17, 15) is 4.79 Å². The third-order valence-electron chi connectivity index (χ3n) is 2.02. The Hall–Kier alpha value is -1.81. The van der Waals surface area contributed by atoms with Gasteiger partial charge < -0.3 is 9.84 Å². The zero-order valence-electron chi connectivity index (χ0n) is 8.18. The highest BCUT2D eigenvalue weighted by Crippen LogP contribution is 2.31. The average molecular weight is 238 g/mol. The molecule has 2 aromatic rings. The summed E-state index contributed by atoms with van der Waals surface area (Å²) in [6.07, 6.45) is 1.60. The van der Waals surface area contributed by atoms with Gasteiger partial charge in [-0.15, -0.1) is 0 Å². The van der Waals surface area contributed by atoms with Gasteiger partial charge in [0.25, 0.3) is 0 Å². The molecule has 82 valence electrons. The van der Waals surface area contributed by atoms with E-state index >= 15 is 0 Å². The van der Waals surface area contributed by atoms with Crippen LogP contribution in [0.2, 0.25) is 5.02 Å². The molecule has 0 radical (unpaired) electrons. The van der Waals surface area contributed by atoms with Gasteiger partial charge in [0, 0.05) is 11.6 Å². The third kappa shape index (κ3) is 2.06. The molecule has 0 aliphatic rings. The Kier molecular flexibility index (Phi) is 2.92. The van der Waals surface area contributed by atoms with Crippen LogP contribution in [0.1, 0.15) is 0 Å². The van der Waals surface area contributed by atoms with Gasteiger partial charge in [-0.05, 0) is 12.1 Å². The lowest BCUT2D eigenvalue weighted by Gasteiger charge is -2.08. The highest BCUT2D eigenvalue weighted by atomic mass is 35.5. The molecule has 0 bridgehead atoms. The number of aromatic nitrogens is 1. The van der Waals surface area contributed by atoms with Gasteiger partial charge in [0.2, 0.25) is 0 Å². The van der Waals surface area contributed by atoms with Crippen LogP contribution >= 0.6 is 11.6 Å². The van der Waals surface area contributed by atoms with Crippen LogP contribution in [-0.4, -0.2) is 22.7 Å². The van der Waals surface area contributed by atoms with Crippen molar-refractivity contribution in [2.45, 2.75) is 0 Å². The van der Waals surface area contributed by atoms with Crippen LogP contribution in [0.15, 0.2) is 30.5 Å². The smallest absolute Gasteiger partial charge is 0.341 e. The van der Waals surface area contributed by atoms with Gasteiger partial charge in [0.1, 0.15) is 5.52 Å². The van der Waals surface area contributed by atoms with E-state index in [1.165, 1.54) is 0 Å². The number of aliphatic carboxylic acids is 1. The summed E-state index contributed by atoms with van der Waals surface area (Å²) in [7, 11) is 0. The lowest BCUT2D eigenvalue weighted by Crippen LogP contribution is -2.10. The van der Waals surface area contributed by atoms with Crippen molar-refractivity contribution in [3.8, 4) is 5.75 Å². The van der Waals surface area contributed by atoms with Crippen LogP contribution in [0.4, 0.5) is 0 Å². The van der Waals surface area contributed by atoms with Gasteiger partial charge in [-0.25, -0.2) is 4.79 Å². The quantitative estimate of drug-likeness (QED) is 0.890. The third-order valence-corrected chi connectivity index (χ3v) is 2.32. The number of halogens is 1. The minimum atomic E-state index is -1.05. The summed E-state index contributed by atoms with van der Waals surface area (Å²) in [5.41, 5.74) is 0.566. The predicted octanol–water partition coefficient (Wildman–Crippen LogP) is 2.35. The molecule has 2 rings (SSSR count). The summed E-state index contributed by atoms with van der Waals surface area (Å²) < 4.78 is 5.12. The average Bonchev–Trinajstić information content (AvgIpc) is 2.27. The second-order valence-electron chi connectivity index (χ2n) is 3.13. The van der Waals surface area contributed by atoms with Crippen molar-refractivity contribution >= 4 is 28.5 Å². The van der Waals surface area contributed by atoms with Crippen LogP contribution in [0, 0.1) is 0 Å². The lowest BCUT2D eigenvalue weighted by molar-refractivity contribution is -0.139. The summed E-state index contributed by atoms with van der Waals surface area (Å²) in [6, 6.07) is 7.10. The van der Waals surface area contributed by atoms with E-state index in [4.69, 9.17) is 21.4 Å².